The first-order valence-corrected chi connectivity index (χ1v) is 9.09. The van der Waals surface area contributed by atoms with Gasteiger partial charge in [-0.1, -0.05) is 12.1 Å². The summed E-state index contributed by atoms with van der Waals surface area (Å²) in [7, 11) is 1.36. The van der Waals surface area contributed by atoms with Crippen LogP contribution in [0.2, 0.25) is 0 Å². The number of thiophene rings is 1. The van der Waals surface area contributed by atoms with Gasteiger partial charge in [-0.15, -0.1) is 11.3 Å². The minimum Gasteiger partial charge on any atom is -0.451 e. The second kappa shape index (κ2) is 8.17. The zero-order valence-electron chi connectivity index (χ0n) is 15.1. The highest BCUT2D eigenvalue weighted by atomic mass is 32.1. The molecule has 3 amide bonds. The summed E-state index contributed by atoms with van der Waals surface area (Å²) in [5, 5.41) is 9.49. The normalized spacial score (nSPS) is 10.7. The number of carbonyl (C=O) groups is 3. The van der Waals surface area contributed by atoms with Crippen molar-refractivity contribution in [1.29, 1.82) is 0 Å². The zero-order chi connectivity index (χ0) is 20.3. The van der Waals surface area contributed by atoms with Crippen LogP contribution in [0.25, 0.3) is 10.2 Å². The second-order valence-electron chi connectivity index (χ2n) is 5.90. The lowest BCUT2D eigenvalue weighted by atomic mass is 10.2. The third-order valence-corrected chi connectivity index (χ3v) is 5.00. The van der Waals surface area contributed by atoms with Crippen molar-refractivity contribution in [2.24, 2.45) is 0 Å². The van der Waals surface area contributed by atoms with E-state index in [1.54, 1.807) is 22.9 Å². The number of ether oxygens (including phenoxy) is 1. The van der Waals surface area contributed by atoms with E-state index in [1.807, 2.05) is 12.2 Å². The van der Waals surface area contributed by atoms with Gasteiger partial charge >= 0.3 is 12.0 Å². The second-order valence-corrected chi connectivity index (χ2v) is 6.93. The molecule has 0 saturated carbocycles. The average Bonchev–Trinajstić information content (AvgIpc) is 3.23. The Labute approximate surface area is 163 Å². The molecule has 8 nitrogen and oxygen atoms in total. The number of aryl methyl sites for hydroxylation is 1. The van der Waals surface area contributed by atoms with Crippen LogP contribution in [0.5, 0.6) is 0 Å². The fourth-order valence-corrected chi connectivity index (χ4v) is 3.57. The molecule has 1 aromatic carbocycles. The average molecular weight is 404 g/mol. The highest BCUT2D eigenvalue weighted by Crippen LogP contribution is 2.29. The van der Waals surface area contributed by atoms with Gasteiger partial charge in [0.15, 0.2) is 6.61 Å². The molecule has 0 aliphatic rings. The Kier molecular flexibility index (Phi) is 5.69. The molecule has 0 bridgehead atoms. The maximum absolute atomic E-state index is 13.1. The van der Waals surface area contributed by atoms with Crippen molar-refractivity contribution in [2.75, 3.05) is 13.7 Å². The van der Waals surface area contributed by atoms with Crippen LogP contribution in [-0.2, 0) is 16.1 Å². The maximum atomic E-state index is 13.1. The Balaban J connectivity index is 1.73. The minimum atomic E-state index is -0.729. The number of hydrogen-bond donors (Lipinski definition) is 2. The fraction of sp³-hybridized carbons (Fsp3) is 0.222. The standard InChI is InChI=1S/C18H17FN4O4S/c1-10-13-7-14(17(25)27-9-15(24)21-18(26)20-2)28-16(13)23(22-10)8-11-3-5-12(19)6-4-11/h3-7H,8-9H2,1-2H3,(H2,20,21,24,26). The van der Waals surface area contributed by atoms with Crippen LogP contribution in [0.3, 0.4) is 0 Å². The number of urea groups is 1. The number of nitrogens with zero attached hydrogens (tertiary/aromatic N) is 2. The van der Waals surface area contributed by atoms with Gasteiger partial charge in [0.25, 0.3) is 5.91 Å². The highest BCUT2D eigenvalue weighted by Gasteiger charge is 2.18. The Hall–Kier alpha value is -3.27. The monoisotopic (exact) mass is 404 g/mol. The van der Waals surface area contributed by atoms with Crippen molar-refractivity contribution in [1.82, 2.24) is 20.4 Å². The van der Waals surface area contributed by atoms with E-state index in [0.29, 0.717) is 11.4 Å². The Morgan fingerprint density at radius 2 is 1.96 bits per heavy atom. The summed E-state index contributed by atoms with van der Waals surface area (Å²) in [5.41, 5.74) is 1.61. The Morgan fingerprint density at radius 3 is 2.64 bits per heavy atom. The van der Waals surface area contributed by atoms with Crippen molar-refractivity contribution in [3.8, 4) is 0 Å². The molecule has 2 heterocycles. The number of halogens is 1. The molecule has 3 rings (SSSR count). The summed E-state index contributed by atoms with van der Waals surface area (Å²) in [5.74, 6) is -1.71. The van der Waals surface area contributed by atoms with Gasteiger partial charge in [0.05, 0.1) is 12.2 Å². The van der Waals surface area contributed by atoms with E-state index >= 15 is 0 Å². The van der Waals surface area contributed by atoms with E-state index in [0.717, 1.165) is 21.5 Å². The van der Waals surface area contributed by atoms with E-state index in [1.165, 1.54) is 30.5 Å². The molecule has 28 heavy (non-hydrogen) atoms. The fourth-order valence-electron chi connectivity index (χ4n) is 2.51. The first-order chi connectivity index (χ1) is 13.4. The number of fused-ring (bicyclic) bond motifs is 1. The van der Waals surface area contributed by atoms with Gasteiger partial charge in [-0.3, -0.25) is 14.8 Å². The van der Waals surface area contributed by atoms with Crippen LogP contribution < -0.4 is 10.6 Å². The molecular weight excluding hydrogens is 387 g/mol. The largest absolute Gasteiger partial charge is 0.451 e. The lowest BCUT2D eigenvalue weighted by molar-refractivity contribution is -0.123. The summed E-state index contributed by atoms with van der Waals surface area (Å²) in [4.78, 5) is 35.9. The smallest absolute Gasteiger partial charge is 0.348 e. The van der Waals surface area contributed by atoms with Crippen molar-refractivity contribution >= 4 is 39.5 Å². The number of amides is 3. The molecule has 0 atom stereocenters. The quantitative estimate of drug-likeness (QED) is 0.635. The van der Waals surface area contributed by atoms with Crippen LogP contribution in [-0.4, -0.2) is 41.3 Å². The molecule has 10 heteroatoms. The Morgan fingerprint density at radius 1 is 1.25 bits per heavy atom. The SMILES string of the molecule is CNC(=O)NC(=O)COC(=O)c1cc2c(C)nn(Cc3ccc(F)cc3)c2s1. The van der Waals surface area contributed by atoms with Gasteiger partial charge in [-0.25, -0.2) is 14.0 Å². The van der Waals surface area contributed by atoms with Crippen LogP contribution >= 0.6 is 11.3 Å². The zero-order valence-corrected chi connectivity index (χ0v) is 15.9. The van der Waals surface area contributed by atoms with Gasteiger partial charge in [-0.05, 0) is 30.7 Å². The number of rotatable bonds is 5. The van der Waals surface area contributed by atoms with Gasteiger partial charge in [0.2, 0.25) is 0 Å². The molecule has 2 N–H and O–H groups in total. The summed E-state index contributed by atoms with van der Waals surface area (Å²) >= 11 is 1.19. The lowest BCUT2D eigenvalue weighted by Crippen LogP contribution is -2.39. The summed E-state index contributed by atoms with van der Waals surface area (Å²) in [6, 6.07) is 7.08. The molecule has 3 aromatic rings. The highest BCUT2D eigenvalue weighted by molar-refractivity contribution is 7.20. The van der Waals surface area contributed by atoms with E-state index in [-0.39, 0.29) is 5.82 Å². The molecule has 0 unspecified atom stereocenters. The van der Waals surface area contributed by atoms with E-state index in [9.17, 15) is 18.8 Å². The molecule has 0 aliphatic carbocycles. The van der Waals surface area contributed by atoms with Crippen molar-refractivity contribution in [2.45, 2.75) is 13.5 Å². The number of aromatic nitrogens is 2. The third kappa shape index (κ3) is 4.34. The van der Waals surface area contributed by atoms with Crippen molar-refractivity contribution in [3.63, 3.8) is 0 Å². The lowest BCUT2D eigenvalue weighted by Gasteiger charge is -2.04. The first kappa shape index (κ1) is 19.5. The van der Waals surface area contributed by atoms with Crippen LogP contribution in [0.4, 0.5) is 9.18 Å². The molecule has 146 valence electrons. The molecule has 0 fully saturated rings. The van der Waals surface area contributed by atoms with E-state index in [4.69, 9.17) is 4.74 Å². The van der Waals surface area contributed by atoms with E-state index in [2.05, 4.69) is 10.4 Å². The maximum Gasteiger partial charge on any atom is 0.348 e. The predicted octanol–water partition coefficient (Wildman–Crippen LogP) is 2.21. The molecule has 0 saturated heterocycles. The first-order valence-electron chi connectivity index (χ1n) is 8.27. The number of hydrogen-bond acceptors (Lipinski definition) is 6. The van der Waals surface area contributed by atoms with Crippen molar-refractivity contribution < 1.29 is 23.5 Å². The third-order valence-electron chi connectivity index (χ3n) is 3.87. The topological polar surface area (TPSA) is 102 Å². The minimum absolute atomic E-state index is 0.313. The predicted molar refractivity (Wildman–Crippen MR) is 101 cm³/mol. The molecule has 2 aromatic heterocycles. The molecule has 0 spiro atoms. The van der Waals surface area contributed by atoms with Crippen LogP contribution in [0.1, 0.15) is 20.9 Å². The number of carbonyl (C=O) groups excluding carboxylic acids is 3. The van der Waals surface area contributed by atoms with Gasteiger partial charge < -0.3 is 10.1 Å². The van der Waals surface area contributed by atoms with Gasteiger partial charge in [-0.2, -0.15) is 5.10 Å². The van der Waals surface area contributed by atoms with Crippen LogP contribution in [0, 0.1) is 12.7 Å². The summed E-state index contributed by atoms with van der Waals surface area (Å²) < 4.78 is 19.8. The van der Waals surface area contributed by atoms with Crippen molar-refractivity contribution in [3.05, 3.63) is 52.3 Å². The van der Waals surface area contributed by atoms with E-state index < -0.39 is 24.5 Å². The molecule has 0 radical (unpaired) electrons. The number of benzene rings is 1. The van der Waals surface area contributed by atoms with Crippen LogP contribution in [0.15, 0.2) is 30.3 Å². The molecular formula is C18H17FN4O4S. The number of esters is 1. The summed E-state index contributed by atoms with van der Waals surface area (Å²) in [6.45, 7) is 1.68. The molecule has 0 aliphatic heterocycles. The number of nitrogens with one attached hydrogen (secondary N) is 2. The number of imide groups is 1. The summed E-state index contributed by atoms with van der Waals surface area (Å²) in [6.07, 6.45) is 0. The van der Waals surface area contributed by atoms with Gasteiger partial charge in [0, 0.05) is 12.4 Å². The Bertz CT molecular complexity index is 1040. The van der Waals surface area contributed by atoms with Gasteiger partial charge in [0.1, 0.15) is 15.5 Å².